The lowest BCUT2D eigenvalue weighted by Gasteiger charge is -2.16. The molecule has 3 rings (SSSR count). The number of anilines is 1. The first-order valence-corrected chi connectivity index (χ1v) is 7.95. The number of aromatic nitrogens is 2. The molecular weight excluding hydrogens is 282 g/mol. The maximum absolute atomic E-state index is 6.09. The second-order valence-electron chi connectivity index (χ2n) is 6.16. The molecule has 1 aromatic heterocycles. The Morgan fingerprint density at radius 3 is 2.76 bits per heavy atom. The molecule has 0 fully saturated rings. The third-order valence-electron chi connectivity index (χ3n) is 4.32. The van der Waals surface area contributed by atoms with E-state index < -0.39 is 0 Å². The molecule has 21 heavy (non-hydrogen) atoms. The Morgan fingerprint density at radius 2 is 2.10 bits per heavy atom. The van der Waals surface area contributed by atoms with E-state index in [0.717, 1.165) is 23.6 Å². The van der Waals surface area contributed by atoms with Gasteiger partial charge in [0.15, 0.2) is 0 Å². The van der Waals surface area contributed by atoms with Gasteiger partial charge in [0.2, 0.25) is 0 Å². The topological polar surface area (TPSA) is 29.9 Å². The summed E-state index contributed by atoms with van der Waals surface area (Å²) in [7, 11) is 0. The molecule has 112 valence electrons. The Labute approximate surface area is 131 Å². The quantitative estimate of drug-likeness (QED) is 0.880. The fourth-order valence-electron chi connectivity index (χ4n) is 3.28. The van der Waals surface area contributed by atoms with Gasteiger partial charge in [-0.1, -0.05) is 17.7 Å². The SMILES string of the molecule is Cc1nn(C(C)C)c(C)c1NC1CCc2cc(Cl)ccc21. The Bertz CT molecular complexity index is 673. The van der Waals surface area contributed by atoms with Crippen LogP contribution in [-0.2, 0) is 6.42 Å². The molecule has 0 bridgehead atoms. The first-order chi connectivity index (χ1) is 9.97. The largest absolute Gasteiger partial charge is 0.375 e. The van der Waals surface area contributed by atoms with Crippen molar-refractivity contribution in [1.29, 1.82) is 0 Å². The van der Waals surface area contributed by atoms with Gasteiger partial charge >= 0.3 is 0 Å². The Kier molecular flexibility index (Phi) is 3.70. The van der Waals surface area contributed by atoms with Crippen molar-refractivity contribution in [3.05, 3.63) is 45.7 Å². The van der Waals surface area contributed by atoms with Crippen LogP contribution in [0.2, 0.25) is 5.02 Å². The predicted octanol–water partition coefficient (Wildman–Crippen LogP) is 4.83. The molecule has 0 amide bonds. The van der Waals surface area contributed by atoms with Gasteiger partial charge in [0.05, 0.1) is 23.1 Å². The molecule has 1 N–H and O–H groups in total. The summed E-state index contributed by atoms with van der Waals surface area (Å²) in [5.41, 5.74) is 6.20. The number of hydrogen-bond donors (Lipinski definition) is 1. The van der Waals surface area contributed by atoms with Crippen molar-refractivity contribution in [2.75, 3.05) is 5.32 Å². The number of aryl methyl sites for hydroxylation is 2. The molecule has 1 aliphatic rings. The Balaban J connectivity index is 1.90. The van der Waals surface area contributed by atoms with Crippen LogP contribution >= 0.6 is 11.6 Å². The molecule has 0 spiro atoms. The van der Waals surface area contributed by atoms with Crippen LogP contribution < -0.4 is 5.32 Å². The monoisotopic (exact) mass is 303 g/mol. The summed E-state index contributed by atoms with van der Waals surface area (Å²) < 4.78 is 2.09. The molecule has 1 atom stereocenters. The van der Waals surface area contributed by atoms with E-state index in [1.54, 1.807) is 0 Å². The smallest absolute Gasteiger partial charge is 0.0828 e. The van der Waals surface area contributed by atoms with Crippen molar-refractivity contribution < 1.29 is 0 Å². The van der Waals surface area contributed by atoms with Crippen molar-refractivity contribution in [2.24, 2.45) is 0 Å². The molecule has 2 aromatic rings. The molecule has 1 unspecified atom stereocenters. The summed E-state index contributed by atoms with van der Waals surface area (Å²) in [6.45, 7) is 8.54. The lowest BCUT2D eigenvalue weighted by molar-refractivity contribution is 0.516. The van der Waals surface area contributed by atoms with E-state index in [-0.39, 0.29) is 0 Å². The van der Waals surface area contributed by atoms with Crippen molar-refractivity contribution in [1.82, 2.24) is 9.78 Å². The van der Waals surface area contributed by atoms with Gasteiger partial charge in [-0.3, -0.25) is 4.68 Å². The minimum atomic E-state index is 0.361. The van der Waals surface area contributed by atoms with Crippen LogP contribution in [0.3, 0.4) is 0 Å². The zero-order valence-electron chi connectivity index (χ0n) is 13.1. The highest BCUT2D eigenvalue weighted by Crippen LogP contribution is 2.36. The maximum atomic E-state index is 6.09. The second-order valence-corrected chi connectivity index (χ2v) is 6.60. The van der Waals surface area contributed by atoms with Crippen LogP contribution in [0.5, 0.6) is 0 Å². The van der Waals surface area contributed by atoms with E-state index in [1.165, 1.54) is 22.5 Å². The van der Waals surface area contributed by atoms with Gasteiger partial charge in [-0.05, 0) is 63.8 Å². The van der Waals surface area contributed by atoms with Crippen molar-refractivity contribution in [3.8, 4) is 0 Å². The molecule has 1 aromatic carbocycles. The zero-order valence-corrected chi connectivity index (χ0v) is 13.8. The number of rotatable bonds is 3. The standard InChI is InChI=1S/C17H22ClN3/c1-10(2)21-12(4)17(11(3)20-21)19-16-8-5-13-9-14(18)6-7-15(13)16/h6-7,9-10,16,19H,5,8H2,1-4H3. The van der Waals surface area contributed by atoms with Crippen LogP contribution in [0.25, 0.3) is 0 Å². The highest BCUT2D eigenvalue weighted by Gasteiger charge is 2.24. The molecule has 0 saturated carbocycles. The van der Waals surface area contributed by atoms with E-state index in [1.807, 2.05) is 6.07 Å². The highest BCUT2D eigenvalue weighted by molar-refractivity contribution is 6.30. The lowest BCUT2D eigenvalue weighted by Crippen LogP contribution is -2.09. The molecule has 0 saturated heterocycles. The number of hydrogen-bond acceptors (Lipinski definition) is 2. The zero-order chi connectivity index (χ0) is 15.1. The summed E-state index contributed by atoms with van der Waals surface area (Å²) in [4.78, 5) is 0. The number of fused-ring (bicyclic) bond motifs is 1. The van der Waals surface area contributed by atoms with E-state index in [9.17, 15) is 0 Å². The van der Waals surface area contributed by atoms with Crippen LogP contribution in [0.15, 0.2) is 18.2 Å². The predicted molar refractivity (Wildman–Crippen MR) is 88.2 cm³/mol. The molecule has 0 radical (unpaired) electrons. The second kappa shape index (κ2) is 5.38. The van der Waals surface area contributed by atoms with Gasteiger partial charge in [-0.2, -0.15) is 5.10 Å². The van der Waals surface area contributed by atoms with Crippen molar-refractivity contribution in [3.63, 3.8) is 0 Å². The molecule has 1 aliphatic carbocycles. The van der Waals surface area contributed by atoms with Crippen LogP contribution in [-0.4, -0.2) is 9.78 Å². The van der Waals surface area contributed by atoms with E-state index in [4.69, 9.17) is 11.6 Å². The minimum Gasteiger partial charge on any atom is -0.375 e. The average molecular weight is 304 g/mol. The van der Waals surface area contributed by atoms with Gasteiger partial charge in [0.25, 0.3) is 0 Å². The number of halogens is 1. The van der Waals surface area contributed by atoms with E-state index >= 15 is 0 Å². The summed E-state index contributed by atoms with van der Waals surface area (Å²) in [5.74, 6) is 0. The maximum Gasteiger partial charge on any atom is 0.0828 e. The fraction of sp³-hybridized carbons (Fsp3) is 0.471. The highest BCUT2D eigenvalue weighted by atomic mass is 35.5. The summed E-state index contributed by atoms with van der Waals surface area (Å²) in [6.07, 6.45) is 2.20. The normalized spacial score (nSPS) is 17.3. The average Bonchev–Trinajstić information content (AvgIpc) is 2.94. The molecular formula is C17H22ClN3. The Hall–Kier alpha value is -1.48. The van der Waals surface area contributed by atoms with Gasteiger partial charge in [-0.25, -0.2) is 0 Å². The van der Waals surface area contributed by atoms with E-state index in [0.29, 0.717) is 12.1 Å². The molecule has 0 aliphatic heterocycles. The fourth-order valence-corrected chi connectivity index (χ4v) is 3.48. The van der Waals surface area contributed by atoms with Crippen LogP contribution in [0.4, 0.5) is 5.69 Å². The summed E-state index contributed by atoms with van der Waals surface area (Å²) in [6, 6.07) is 6.97. The molecule has 3 nitrogen and oxygen atoms in total. The van der Waals surface area contributed by atoms with Gasteiger partial charge < -0.3 is 5.32 Å². The first-order valence-electron chi connectivity index (χ1n) is 7.58. The van der Waals surface area contributed by atoms with Gasteiger partial charge in [0.1, 0.15) is 0 Å². The van der Waals surface area contributed by atoms with Gasteiger partial charge in [0, 0.05) is 11.1 Å². The lowest BCUT2D eigenvalue weighted by atomic mass is 10.1. The summed E-state index contributed by atoms with van der Waals surface area (Å²) >= 11 is 6.09. The minimum absolute atomic E-state index is 0.361. The number of benzene rings is 1. The van der Waals surface area contributed by atoms with Crippen molar-refractivity contribution in [2.45, 2.75) is 52.6 Å². The summed E-state index contributed by atoms with van der Waals surface area (Å²) in [5, 5.41) is 9.18. The molecule has 1 heterocycles. The van der Waals surface area contributed by atoms with Crippen LogP contribution in [0, 0.1) is 13.8 Å². The molecule has 4 heteroatoms. The van der Waals surface area contributed by atoms with Crippen LogP contribution in [0.1, 0.15) is 54.9 Å². The third kappa shape index (κ3) is 2.55. The van der Waals surface area contributed by atoms with Gasteiger partial charge in [-0.15, -0.1) is 0 Å². The number of nitrogens with one attached hydrogen (secondary N) is 1. The Morgan fingerprint density at radius 1 is 1.33 bits per heavy atom. The third-order valence-corrected chi connectivity index (χ3v) is 4.55. The number of nitrogens with zero attached hydrogens (tertiary/aromatic N) is 2. The van der Waals surface area contributed by atoms with E-state index in [2.05, 4.69) is 54.9 Å². The van der Waals surface area contributed by atoms with Crippen molar-refractivity contribution >= 4 is 17.3 Å². The first kappa shape index (κ1) is 14.5.